The molecule has 0 radical (unpaired) electrons. The number of carbonyl (C=O) groups excluding carboxylic acids is 1. The van der Waals surface area contributed by atoms with Gasteiger partial charge < -0.3 is 35.6 Å². The zero-order valence-electron chi connectivity index (χ0n) is 12.9. The molecule has 0 aromatic rings. The topological polar surface area (TPSA) is 157 Å². The highest BCUT2D eigenvalue weighted by Gasteiger charge is 2.62. The molecule has 142 valence electrons. The lowest BCUT2D eigenvalue weighted by atomic mass is 9.88. The predicted molar refractivity (Wildman–Crippen MR) is 76.3 cm³/mol. The molecule has 0 aromatic carbocycles. The molecular weight excluding hydrogens is 348 g/mol. The molecule has 11 heteroatoms. The smallest absolute Gasteiger partial charge is 0.372 e. The van der Waals surface area contributed by atoms with E-state index in [9.17, 15) is 33.7 Å². The Kier molecular flexibility index (Phi) is 7.21. The molecule has 0 aliphatic carbocycles. The Bertz CT molecular complexity index is 541. The van der Waals surface area contributed by atoms with E-state index in [2.05, 4.69) is 16.0 Å². The standard InChI is InChI=1S/C14H19F2NO8/c1-2-3-4-7(20)17-8-10(22)12(15)14(16,13(23)24)25-11(8)9(21)6(19)5-18/h1,6,8-12,18-19,21-22H,3-5H2,(H,17,20)(H,23,24)/t6-,8-,9-,10-,11?,12-,14-/m1/s1. The summed E-state index contributed by atoms with van der Waals surface area (Å²) in [7, 11) is 0. The fourth-order valence-corrected chi connectivity index (χ4v) is 2.32. The minimum absolute atomic E-state index is 0.0107. The second kappa shape index (κ2) is 8.50. The molecule has 1 saturated heterocycles. The van der Waals surface area contributed by atoms with Gasteiger partial charge in [0.15, 0.2) is 6.17 Å². The van der Waals surface area contributed by atoms with Crippen molar-refractivity contribution in [1.29, 1.82) is 0 Å². The quantitative estimate of drug-likeness (QED) is 0.269. The minimum atomic E-state index is -4.03. The number of carboxylic acid groups (broad SMARTS) is 1. The third kappa shape index (κ3) is 4.42. The van der Waals surface area contributed by atoms with Crippen molar-refractivity contribution in [1.82, 2.24) is 5.32 Å². The van der Waals surface area contributed by atoms with E-state index in [1.807, 2.05) is 0 Å². The van der Waals surface area contributed by atoms with Crippen LogP contribution in [0.3, 0.4) is 0 Å². The third-order valence-corrected chi connectivity index (χ3v) is 3.72. The highest BCUT2D eigenvalue weighted by Crippen LogP contribution is 2.35. The lowest BCUT2D eigenvalue weighted by Gasteiger charge is -2.45. The number of rotatable bonds is 7. The van der Waals surface area contributed by atoms with Gasteiger partial charge in [0.2, 0.25) is 5.91 Å². The molecular formula is C14H19F2NO8. The van der Waals surface area contributed by atoms with Crippen LogP contribution in [0.5, 0.6) is 0 Å². The first-order valence-electron chi connectivity index (χ1n) is 7.22. The number of aliphatic hydroxyl groups excluding tert-OH is 4. The van der Waals surface area contributed by atoms with Crippen molar-refractivity contribution in [2.24, 2.45) is 0 Å². The number of nitrogens with one attached hydrogen (secondary N) is 1. The Labute approximate surface area is 141 Å². The molecule has 25 heavy (non-hydrogen) atoms. The van der Waals surface area contributed by atoms with Crippen molar-refractivity contribution in [3.05, 3.63) is 0 Å². The molecule has 1 heterocycles. The van der Waals surface area contributed by atoms with Crippen molar-refractivity contribution in [2.75, 3.05) is 6.61 Å². The summed E-state index contributed by atoms with van der Waals surface area (Å²) in [6.07, 6.45) is -6.94. The number of terminal acetylenes is 1. The first-order valence-corrected chi connectivity index (χ1v) is 7.22. The number of carboxylic acids is 1. The van der Waals surface area contributed by atoms with Crippen LogP contribution >= 0.6 is 0 Å². The summed E-state index contributed by atoms with van der Waals surface area (Å²) in [5.41, 5.74) is 0. The Morgan fingerprint density at radius 3 is 2.48 bits per heavy atom. The van der Waals surface area contributed by atoms with Gasteiger partial charge in [-0.1, -0.05) is 0 Å². The van der Waals surface area contributed by atoms with Gasteiger partial charge >= 0.3 is 11.8 Å². The second-order valence-corrected chi connectivity index (χ2v) is 5.46. The average molecular weight is 367 g/mol. The van der Waals surface area contributed by atoms with Crippen molar-refractivity contribution in [3.8, 4) is 12.3 Å². The van der Waals surface area contributed by atoms with Crippen LogP contribution in [0.1, 0.15) is 12.8 Å². The van der Waals surface area contributed by atoms with Crippen LogP contribution in [0.2, 0.25) is 0 Å². The lowest BCUT2D eigenvalue weighted by molar-refractivity contribution is -0.293. The number of halogens is 2. The fourth-order valence-electron chi connectivity index (χ4n) is 2.32. The third-order valence-electron chi connectivity index (χ3n) is 3.72. The number of hydrogen-bond donors (Lipinski definition) is 6. The zero-order valence-corrected chi connectivity index (χ0v) is 12.9. The van der Waals surface area contributed by atoms with Gasteiger partial charge in [-0.05, 0) is 0 Å². The molecule has 9 nitrogen and oxygen atoms in total. The van der Waals surface area contributed by atoms with Crippen molar-refractivity contribution in [2.45, 2.75) is 55.3 Å². The number of aliphatic carboxylic acids is 1. The predicted octanol–water partition coefficient (Wildman–Crippen LogP) is -2.55. The maximum Gasteiger partial charge on any atom is 0.372 e. The molecule has 1 aliphatic heterocycles. The van der Waals surface area contributed by atoms with E-state index < -0.39 is 61.0 Å². The summed E-state index contributed by atoms with van der Waals surface area (Å²) in [4.78, 5) is 22.7. The normalized spacial score (nSPS) is 34.6. The van der Waals surface area contributed by atoms with Gasteiger partial charge in [0.25, 0.3) is 0 Å². The SMILES string of the molecule is C#CCCC(=O)N[C@H]1C([C@H](O)[C@H](O)CO)O[C@@](F)(C(=O)O)[C@H](F)[C@@H]1O. The number of ether oxygens (including phenoxy) is 1. The lowest BCUT2D eigenvalue weighted by Crippen LogP contribution is -2.71. The van der Waals surface area contributed by atoms with Gasteiger partial charge in [0.05, 0.1) is 12.6 Å². The number of carbonyl (C=O) groups is 2. The van der Waals surface area contributed by atoms with E-state index in [-0.39, 0.29) is 12.8 Å². The van der Waals surface area contributed by atoms with Gasteiger partial charge in [0, 0.05) is 12.8 Å². The maximum absolute atomic E-state index is 14.3. The van der Waals surface area contributed by atoms with E-state index in [1.54, 1.807) is 0 Å². The van der Waals surface area contributed by atoms with Crippen LogP contribution in [0.25, 0.3) is 0 Å². The molecule has 0 spiro atoms. The summed E-state index contributed by atoms with van der Waals surface area (Å²) in [6, 6.07) is -1.81. The summed E-state index contributed by atoms with van der Waals surface area (Å²) in [5, 5.41) is 49.0. The molecule has 1 amide bonds. The van der Waals surface area contributed by atoms with Crippen LogP contribution in [-0.4, -0.2) is 86.5 Å². The molecule has 0 bridgehead atoms. The Hall–Kier alpha value is -1.84. The number of amides is 1. The van der Waals surface area contributed by atoms with Crippen LogP contribution in [0.15, 0.2) is 0 Å². The van der Waals surface area contributed by atoms with Crippen molar-refractivity contribution in [3.63, 3.8) is 0 Å². The van der Waals surface area contributed by atoms with Crippen molar-refractivity contribution < 1.29 is 48.6 Å². The largest absolute Gasteiger partial charge is 0.477 e. The molecule has 1 aliphatic rings. The summed E-state index contributed by atoms with van der Waals surface area (Å²) < 4.78 is 32.8. The first kappa shape index (κ1) is 21.2. The Morgan fingerprint density at radius 1 is 1.40 bits per heavy atom. The molecule has 1 fully saturated rings. The zero-order chi connectivity index (χ0) is 19.4. The number of alkyl halides is 2. The van der Waals surface area contributed by atoms with Crippen LogP contribution in [0, 0.1) is 12.3 Å². The maximum atomic E-state index is 14.3. The summed E-state index contributed by atoms with van der Waals surface area (Å²) in [5.74, 6) is -5.09. The fraction of sp³-hybridized carbons (Fsp3) is 0.714. The summed E-state index contributed by atoms with van der Waals surface area (Å²) in [6.45, 7) is -1.03. The van der Waals surface area contributed by atoms with Gasteiger partial charge in [0.1, 0.15) is 24.4 Å². The van der Waals surface area contributed by atoms with E-state index >= 15 is 0 Å². The van der Waals surface area contributed by atoms with Gasteiger partial charge in [-0.15, -0.1) is 12.3 Å². The molecule has 6 N–H and O–H groups in total. The molecule has 0 saturated carbocycles. The van der Waals surface area contributed by atoms with E-state index in [0.29, 0.717) is 0 Å². The monoisotopic (exact) mass is 367 g/mol. The van der Waals surface area contributed by atoms with Crippen LogP contribution in [0.4, 0.5) is 8.78 Å². The van der Waals surface area contributed by atoms with E-state index in [1.165, 1.54) is 0 Å². The summed E-state index contributed by atoms with van der Waals surface area (Å²) >= 11 is 0. The van der Waals surface area contributed by atoms with Gasteiger partial charge in [-0.25, -0.2) is 9.18 Å². The number of aliphatic hydroxyl groups is 4. The Morgan fingerprint density at radius 2 is 2.00 bits per heavy atom. The molecule has 0 aromatic heterocycles. The Balaban J connectivity index is 3.14. The highest BCUT2D eigenvalue weighted by atomic mass is 19.2. The first-order chi connectivity index (χ1) is 11.6. The second-order valence-electron chi connectivity index (χ2n) is 5.46. The van der Waals surface area contributed by atoms with Gasteiger partial charge in [-0.3, -0.25) is 4.79 Å². The van der Waals surface area contributed by atoms with E-state index in [0.717, 1.165) is 0 Å². The van der Waals surface area contributed by atoms with E-state index in [4.69, 9.17) is 16.6 Å². The van der Waals surface area contributed by atoms with Crippen molar-refractivity contribution >= 4 is 11.9 Å². The average Bonchev–Trinajstić information content (AvgIpc) is 2.58. The molecule has 7 atom stereocenters. The van der Waals surface area contributed by atoms with Crippen LogP contribution in [-0.2, 0) is 14.3 Å². The van der Waals surface area contributed by atoms with Crippen LogP contribution < -0.4 is 5.32 Å². The number of hydrogen-bond acceptors (Lipinski definition) is 7. The molecule has 1 unspecified atom stereocenters. The van der Waals surface area contributed by atoms with Gasteiger partial charge in [-0.2, -0.15) is 4.39 Å². The minimum Gasteiger partial charge on any atom is -0.477 e. The highest BCUT2D eigenvalue weighted by molar-refractivity contribution is 5.78. The molecule has 1 rings (SSSR count).